The van der Waals surface area contributed by atoms with Gasteiger partial charge in [-0.3, -0.25) is 9.59 Å². The summed E-state index contributed by atoms with van der Waals surface area (Å²) in [7, 11) is 0. The molecule has 20 heavy (non-hydrogen) atoms. The molecule has 1 rings (SSSR count). The number of primary amides is 1. The number of thioether (sulfide) groups is 1. The maximum absolute atomic E-state index is 11.7. The lowest BCUT2D eigenvalue weighted by Gasteiger charge is -2.25. The molecule has 2 amide bonds. The first kappa shape index (κ1) is 16.6. The second kappa shape index (κ2) is 7.94. The van der Waals surface area contributed by atoms with Crippen LogP contribution in [-0.2, 0) is 15.0 Å². The van der Waals surface area contributed by atoms with Gasteiger partial charge in [-0.15, -0.1) is 0 Å². The molecular weight excluding hydrogens is 272 g/mol. The first-order valence-corrected chi connectivity index (χ1v) is 7.75. The molecule has 0 aliphatic carbocycles. The monoisotopic (exact) mass is 294 g/mol. The summed E-state index contributed by atoms with van der Waals surface area (Å²) in [4.78, 5) is 22.3. The van der Waals surface area contributed by atoms with Crippen LogP contribution < -0.4 is 11.1 Å². The molecule has 5 heteroatoms. The number of hydrogen-bond donors (Lipinski definition) is 2. The van der Waals surface area contributed by atoms with Crippen molar-refractivity contribution in [2.24, 2.45) is 5.73 Å². The van der Waals surface area contributed by atoms with E-state index in [1.165, 1.54) is 17.3 Å². The highest BCUT2D eigenvalue weighted by Gasteiger charge is 2.20. The van der Waals surface area contributed by atoms with Crippen molar-refractivity contribution >= 4 is 23.6 Å². The van der Waals surface area contributed by atoms with Crippen molar-refractivity contribution in [2.75, 3.05) is 18.1 Å². The molecular formula is C15H22N2O2S. The van der Waals surface area contributed by atoms with E-state index in [2.05, 4.69) is 31.3 Å². The number of carbonyl (C=O) groups excluding carboxylic acids is 2. The molecule has 0 aliphatic heterocycles. The summed E-state index contributed by atoms with van der Waals surface area (Å²) in [5, 5.41) is 2.94. The Balaban J connectivity index is 2.31. The van der Waals surface area contributed by atoms with Gasteiger partial charge in [0.25, 0.3) is 0 Å². The van der Waals surface area contributed by atoms with Gasteiger partial charge in [-0.2, -0.15) is 11.8 Å². The summed E-state index contributed by atoms with van der Waals surface area (Å²) in [5.41, 5.74) is 6.13. The number of carbonyl (C=O) groups is 2. The predicted octanol–water partition coefficient (Wildman–Crippen LogP) is 1.69. The van der Waals surface area contributed by atoms with E-state index in [4.69, 9.17) is 5.73 Å². The predicted molar refractivity (Wildman–Crippen MR) is 83.6 cm³/mol. The normalized spacial score (nSPS) is 11.1. The average molecular weight is 294 g/mol. The molecule has 1 aromatic carbocycles. The molecule has 3 N–H and O–H groups in total. The Hall–Kier alpha value is -1.49. The van der Waals surface area contributed by atoms with E-state index < -0.39 is 0 Å². The first-order chi connectivity index (χ1) is 9.42. The van der Waals surface area contributed by atoms with Gasteiger partial charge in [0.2, 0.25) is 11.8 Å². The molecule has 0 heterocycles. The number of amides is 2. The number of rotatable bonds is 8. The third-order valence-electron chi connectivity index (χ3n) is 3.00. The van der Waals surface area contributed by atoms with Gasteiger partial charge in [0, 0.05) is 24.1 Å². The van der Waals surface area contributed by atoms with Crippen LogP contribution in [0.4, 0.5) is 0 Å². The number of nitrogens with one attached hydrogen (secondary N) is 1. The lowest BCUT2D eigenvalue weighted by Crippen LogP contribution is -2.36. The summed E-state index contributed by atoms with van der Waals surface area (Å²) in [6, 6.07) is 10.1. The van der Waals surface area contributed by atoms with Crippen LogP contribution in [0.2, 0.25) is 0 Å². The van der Waals surface area contributed by atoms with Gasteiger partial charge < -0.3 is 11.1 Å². The molecule has 110 valence electrons. The molecule has 0 radical (unpaired) electrons. The minimum atomic E-state index is -0.347. The van der Waals surface area contributed by atoms with Crippen LogP contribution in [0.15, 0.2) is 30.3 Å². The van der Waals surface area contributed by atoms with E-state index in [1.54, 1.807) is 0 Å². The molecule has 0 aliphatic rings. The van der Waals surface area contributed by atoms with Gasteiger partial charge in [0.05, 0.1) is 5.75 Å². The third kappa shape index (κ3) is 6.10. The zero-order chi connectivity index (χ0) is 15.0. The van der Waals surface area contributed by atoms with Crippen LogP contribution in [0.5, 0.6) is 0 Å². The van der Waals surface area contributed by atoms with Crippen LogP contribution in [0.3, 0.4) is 0 Å². The van der Waals surface area contributed by atoms with Gasteiger partial charge in [0.1, 0.15) is 0 Å². The summed E-state index contributed by atoms with van der Waals surface area (Å²) in [6.45, 7) is 4.80. The average Bonchev–Trinajstić information content (AvgIpc) is 2.42. The SMILES string of the molecule is CC(C)(CNC(=O)CCSCC(N)=O)c1ccccc1. The van der Waals surface area contributed by atoms with E-state index in [0.717, 1.165) is 0 Å². The minimum Gasteiger partial charge on any atom is -0.369 e. The fraction of sp³-hybridized carbons (Fsp3) is 0.467. The Morgan fingerprint density at radius 3 is 2.50 bits per heavy atom. The quantitative estimate of drug-likeness (QED) is 0.717. The Bertz CT molecular complexity index is 446. The smallest absolute Gasteiger partial charge is 0.227 e. The molecule has 0 saturated carbocycles. The lowest BCUT2D eigenvalue weighted by atomic mass is 9.84. The fourth-order valence-electron chi connectivity index (χ4n) is 1.74. The third-order valence-corrected chi connectivity index (χ3v) is 3.98. The molecule has 0 unspecified atom stereocenters. The largest absolute Gasteiger partial charge is 0.369 e. The second-order valence-corrected chi connectivity index (χ2v) is 6.40. The van der Waals surface area contributed by atoms with E-state index in [0.29, 0.717) is 18.7 Å². The molecule has 0 aromatic heterocycles. The summed E-state index contributed by atoms with van der Waals surface area (Å²) >= 11 is 1.38. The van der Waals surface area contributed by atoms with E-state index in [9.17, 15) is 9.59 Å². The molecule has 1 aromatic rings. The van der Waals surface area contributed by atoms with E-state index in [1.807, 2.05) is 18.2 Å². The van der Waals surface area contributed by atoms with E-state index in [-0.39, 0.29) is 23.0 Å². The van der Waals surface area contributed by atoms with Gasteiger partial charge in [0.15, 0.2) is 0 Å². The first-order valence-electron chi connectivity index (χ1n) is 6.60. The van der Waals surface area contributed by atoms with Crippen LogP contribution in [0, 0.1) is 0 Å². The van der Waals surface area contributed by atoms with Crippen molar-refractivity contribution < 1.29 is 9.59 Å². The molecule has 4 nitrogen and oxygen atoms in total. The number of hydrogen-bond acceptors (Lipinski definition) is 3. The summed E-state index contributed by atoms with van der Waals surface area (Å²) < 4.78 is 0. The minimum absolute atomic E-state index is 0.00553. The van der Waals surface area contributed by atoms with Crippen molar-refractivity contribution in [3.63, 3.8) is 0 Å². The van der Waals surface area contributed by atoms with Crippen molar-refractivity contribution in [2.45, 2.75) is 25.7 Å². The van der Waals surface area contributed by atoms with Gasteiger partial charge in [-0.05, 0) is 5.56 Å². The summed E-state index contributed by atoms with van der Waals surface area (Å²) in [6.07, 6.45) is 0.406. The Kier molecular flexibility index (Phi) is 6.58. The highest BCUT2D eigenvalue weighted by Crippen LogP contribution is 2.21. The van der Waals surface area contributed by atoms with Gasteiger partial charge >= 0.3 is 0 Å². The van der Waals surface area contributed by atoms with Crippen LogP contribution in [-0.4, -0.2) is 29.9 Å². The number of nitrogens with two attached hydrogens (primary N) is 1. The maximum Gasteiger partial charge on any atom is 0.227 e. The summed E-state index contributed by atoms with van der Waals surface area (Å²) in [5.74, 6) is 0.537. The highest BCUT2D eigenvalue weighted by molar-refractivity contribution is 7.99. The van der Waals surface area contributed by atoms with Crippen LogP contribution in [0.1, 0.15) is 25.8 Å². The molecule has 0 atom stereocenters. The lowest BCUT2D eigenvalue weighted by molar-refractivity contribution is -0.121. The Morgan fingerprint density at radius 1 is 1.25 bits per heavy atom. The Labute approximate surface area is 124 Å². The standard InChI is InChI=1S/C15H22N2O2S/c1-15(2,12-6-4-3-5-7-12)11-17-14(19)8-9-20-10-13(16)18/h3-7H,8-11H2,1-2H3,(H2,16,18)(H,17,19). The van der Waals surface area contributed by atoms with Crippen molar-refractivity contribution in [1.82, 2.24) is 5.32 Å². The molecule has 0 fully saturated rings. The van der Waals surface area contributed by atoms with Gasteiger partial charge in [-0.25, -0.2) is 0 Å². The van der Waals surface area contributed by atoms with Crippen LogP contribution >= 0.6 is 11.8 Å². The topological polar surface area (TPSA) is 72.2 Å². The zero-order valence-electron chi connectivity index (χ0n) is 12.0. The van der Waals surface area contributed by atoms with E-state index >= 15 is 0 Å². The van der Waals surface area contributed by atoms with Crippen LogP contribution in [0.25, 0.3) is 0 Å². The fourth-order valence-corrected chi connectivity index (χ4v) is 2.41. The molecule has 0 bridgehead atoms. The second-order valence-electron chi connectivity index (χ2n) is 5.30. The Morgan fingerprint density at radius 2 is 1.90 bits per heavy atom. The van der Waals surface area contributed by atoms with Gasteiger partial charge in [-0.1, -0.05) is 44.2 Å². The highest BCUT2D eigenvalue weighted by atomic mass is 32.2. The molecule has 0 spiro atoms. The zero-order valence-corrected chi connectivity index (χ0v) is 12.8. The number of benzene rings is 1. The van der Waals surface area contributed by atoms with Crippen molar-refractivity contribution in [3.8, 4) is 0 Å². The van der Waals surface area contributed by atoms with Crippen molar-refractivity contribution in [3.05, 3.63) is 35.9 Å². The van der Waals surface area contributed by atoms with Crippen molar-refractivity contribution in [1.29, 1.82) is 0 Å². The maximum atomic E-state index is 11.7. The molecule has 0 saturated heterocycles.